The molecular weight excluding hydrogens is 266 g/mol. The fourth-order valence-corrected chi connectivity index (χ4v) is 2.72. The van der Waals surface area contributed by atoms with Crippen molar-refractivity contribution in [3.05, 3.63) is 41.2 Å². The summed E-state index contributed by atoms with van der Waals surface area (Å²) in [4.78, 5) is 21.0. The molecule has 6 heteroatoms. The topological polar surface area (TPSA) is 54.9 Å². The van der Waals surface area contributed by atoms with Crippen LogP contribution in [0.4, 0.5) is 5.13 Å². The predicted molar refractivity (Wildman–Crippen MR) is 75.9 cm³/mol. The average molecular weight is 279 g/mol. The fraction of sp³-hybridized carbons (Fsp3) is 0.250. The quantitative estimate of drug-likeness (QED) is 0.914. The van der Waals surface area contributed by atoms with Crippen molar-refractivity contribution in [2.24, 2.45) is 0 Å². The van der Waals surface area contributed by atoms with Gasteiger partial charge in [0.1, 0.15) is 0 Å². The van der Waals surface area contributed by atoms with Crippen molar-refractivity contribution in [3.8, 4) is 0 Å². The Bertz CT molecular complexity index is 513. The Labute approximate surface area is 114 Å². The van der Waals surface area contributed by atoms with Crippen molar-refractivity contribution in [2.75, 3.05) is 11.1 Å². The molecule has 0 aliphatic heterocycles. The lowest BCUT2D eigenvalue weighted by Crippen LogP contribution is -2.13. The maximum Gasteiger partial charge on any atom is 0.236 e. The van der Waals surface area contributed by atoms with Crippen molar-refractivity contribution in [1.82, 2.24) is 9.97 Å². The van der Waals surface area contributed by atoms with Gasteiger partial charge in [0.2, 0.25) is 5.91 Å². The molecular formula is C12H13N3OS2. The van der Waals surface area contributed by atoms with Gasteiger partial charge in [0, 0.05) is 23.0 Å². The minimum absolute atomic E-state index is 0.0229. The van der Waals surface area contributed by atoms with Crippen LogP contribution in [0.3, 0.4) is 0 Å². The van der Waals surface area contributed by atoms with Crippen LogP contribution in [0, 0.1) is 6.92 Å². The number of anilines is 1. The Hall–Kier alpha value is -1.40. The second-order valence-electron chi connectivity index (χ2n) is 3.64. The van der Waals surface area contributed by atoms with E-state index in [-0.39, 0.29) is 5.91 Å². The van der Waals surface area contributed by atoms with E-state index < -0.39 is 0 Å². The number of hydrogen-bond donors (Lipinski definition) is 1. The summed E-state index contributed by atoms with van der Waals surface area (Å²) < 4.78 is 0. The Morgan fingerprint density at radius 1 is 1.44 bits per heavy atom. The van der Waals surface area contributed by atoms with Gasteiger partial charge >= 0.3 is 0 Å². The minimum Gasteiger partial charge on any atom is -0.301 e. The summed E-state index contributed by atoms with van der Waals surface area (Å²) in [7, 11) is 0. The first-order valence-corrected chi connectivity index (χ1v) is 7.41. The molecule has 0 fully saturated rings. The number of amides is 1. The van der Waals surface area contributed by atoms with Gasteiger partial charge in [0.05, 0.1) is 11.4 Å². The predicted octanol–water partition coefficient (Wildman–Crippen LogP) is 2.72. The number of carbonyl (C=O) groups excluding carboxylic acids is 1. The molecule has 0 aliphatic carbocycles. The van der Waals surface area contributed by atoms with Gasteiger partial charge in [-0.15, -0.1) is 23.1 Å². The zero-order valence-electron chi connectivity index (χ0n) is 9.92. The Kier molecular flexibility index (Phi) is 4.72. The highest BCUT2D eigenvalue weighted by Crippen LogP contribution is 2.17. The van der Waals surface area contributed by atoms with E-state index in [0.717, 1.165) is 16.3 Å². The molecule has 1 amide bonds. The maximum atomic E-state index is 11.6. The first-order valence-electron chi connectivity index (χ1n) is 5.44. The number of aryl methyl sites for hydroxylation is 1. The van der Waals surface area contributed by atoms with Gasteiger partial charge in [0.15, 0.2) is 5.13 Å². The summed E-state index contributed by atoms with van der Waals surface area (Å²) in [6.07, 6.45) is 3.51. The lowest BCUT2D eigenvalue weighted by molar-refractivity contribution is -0.113. The highest BCUT2D eigenvalue weighted by atomic mass is 32.2. The number of pyridine rings is 1. The normalized spacial score (nSPS) is 10.3. The zero-order valence-corrected chi connectivity index (χ0v) is 11.6. The maximum absolute atomic E-state index is 11.6. The molecule has 18 heavy (non-hydrogen) atoms. The molecule has 0 atom stereocenters. The summed E-state index contributed by atoms with van der Waals surface area (Å²) in [5.41, 5.74) is 0.986. The molecule has 0 aliphatic rings. The van der Waals surface area contributed by atoms with Crippen molar-refractivity contribution in [1.29, 1.82) is 0 Å². The van der Waals surface area contributed by atoms with E-state index in [1.54, 1.807) is 24.2 Å². The summed E-state index contributed by atoms with van der Waals surface area (Å²) in [6.45, 7) is 1.96. The summed E-state index contributed by atoms with van der Waals surface area (Å²) in [5, 5.41) is 3.44. The van der Waals surface area contributed by atoms with E-state index >= 15 is 0 Å². The van der Waals surface area contributed by atoms with Crippen LogP contribution in [-0.4, -0.2) is 21.6 Å². The highest BCUT2D eigenvalue weighted by Gasteiger charge is 2.05. The fourth-order valence-electron chi connectivity index (χ4n) is 1.30. The molecule has 2 heterocycles. The molecule has 2 rings (SSSR count). The molecule has 0 spiro atoms. The van der Waals surface area contributed by atoms with E-state index in [1.165, 1.54) is 11.3 Å². The van der Waals surface area contributed by atoms with E-state index in [4.69, 9.17) is 0 Å². The van der Waals surface area contributed by atoms with Crippen LogP contribution in [0.1, 0.15) is 10.6 Å². The van der Waals surface area contributed by atoms with E-state index in [2.05, 4.69) is 15.3 Å². The van der Waals surface area contributed by atoms with Gasteiger partial charge in [-0.2, -0.15) is 0 Å². The Morgan fingerprint density at radius 2 is 2.33 bits per heavy atom. The molecule has 94 valence electrons. The third-order valence-corrected chi connectivity index (χ3v) is 3.87. The SMILES string of the molecule is Cc1cnc(NC(=O)CSCc2ccccn2)s1. The van der Waals surface area contributed by atoms with Gasteiger partial charge in [-0.25, -0.2) is 4.98 Å². The monoisotopic (exact) mass is 279 g/mol. The summed E-state index contributed by atoms with van der Waals surface area (Å²) in [5.74, 6) is 1.13. The van der Waals surface area contributed by atoms with Crippen molar-refractivity contribution >= 4 is 34.1 Å². The third-order valence-electron chi connectivity index (χ3n) is 2.08. The van der Waals surface area contributed by atoms with Crippen LogP contribution in [0.5, 0.6) is 0 Å². The third kappa shape index (κ3) is 4.12. The van der Waals surface area contributed by atoms with Crippen LogP contribution in [0.15, 0.2) is 30.6 Å². The van der Waals surface area contributed by atoms with Gasteiger partial charge in [-0.05, 0) is 19.1 Å². The minimum atomic E-state index is -0.0229. The molecule has 0 aromatic carbocycles. The lowest BCUT2D eigenvalue weighted by Gasteiger charge is -2.01. The first-order chi connectivity index (χ1) is 8.74. The number of carbonyl (C=O) groups is 1. The molecule has 2 aromatic rings. The number of nitrogens with one attached hydrogen (secondary N) is 1. The molecule has 0 radical (unpaired) electrons. The molecule has 0 saturated heterocycles. The second-order valence-corrected chi connectivity index (χ2v) is 5.86. The number of thioether (sulfide) groups is 1. The van der Waals surface area contributed by atoms with E-state index in [0.29, 0.717) is 10.9 Å². The summed E-state index contributed by atoms with van der Waals surface area (Å²) >= 11 is 3.02. The number of hydrogen-bond acceptors (Lipinski definition) is 5. The van der Waals surface area contributed by atoms with Crippen molar-refractivity contribution < 1.29 is 4.79 Å². The number of thiazole rings is 1. The van der Waals surface area contributed by atoms with Gasteiger partial charge in [-0.1, -0.05) is 6.07 Å². The summed E-state index contributed by atoms with van der Waals surface area (Å²) in [6, 6.07) is 5.78. The van der Waals surface area contributed by atoms with Crippen molar-refractivity contribution in [2.45, 2.75) is 12.7 Å². The lowest BCUT2D eigenvalue weighted by atomic mass is 10.4. The van der Waals surface area contributed by atoms with Gasteiger partial charge < -0.3 is 5.32 Å². The van der Waals surface area contributed by atoms with Crippen LogP contribution < -0.4 is 5.32 Å². The molecule has 2 aromatic heterocycles. The zero-order chi connectivity index (χ0) is 12.8. The molecule has 0 unspecified atom stereocenters. The second kappa shape index (κ2) is 6.51. The standard InChI is InChI=1S/C12H13N3OS2/c1-9-6-14-12(18-9)15-11(16)8-17-7-10-4-2-3-5-13-10/h2-6H,7-8H2,1H3,(H,14,15,16). The van der Waals surface area contributed by atoms with Gasteiger partial charge in [0.25, 0.3) is 0 Å². The van der Waals surface area contributed by atoms with E-state index in [1.807, 2.05) is 25.1 Å². The molecule has 0 saturated carbocycles. The van der Waals surface area contributed by atoms with Crippen molar-refractivity contribution in [3.63, 3.8) is 0 Å². The molecule has 1 N–H and O–H groups in total. The first kappa shape index (κ1) is 13.0. The molecule has 4 nitrogen and oxygen atoms in total. The number of rotatable bonds is 5. The highest BCUT2D eigenvalue weighted by molar-refractivity contribution is 7.99. The Morgan fingerprint density at radius 3 is 3.00 bits per heavy atom. The van der Waals surface area contributed by atoms with E-state index in [9.17, 15) is 4.79 Å². The van der Waals surface area contributed by atoms with Crippen LogP contribution in [0.25, 0.3) is 0 Å². The smallest absolute Gasteiger partial charge is 0.236 e. The van der Waals surface area contributed by atoms with Crippen LogP contribution in [-0.2, 0) is 10.5 Å². The number of nitrogens with zero attached hydrogens (tertiary/aromatic N) is 2. The largest absolute Gasteiger partial charge is 0.301 e. The van der Waals surface area contributed by atoms with Crippen LogP contribution >= 0.6 is 23.1 Å². The number of aromatic nitrogens is 2. The average Bonchev–Trinajstić information content (AvgIpc) is 2.76. The van der Waals surface area contributed by atoms with Crippen LogP contribution in [0.2, 0.25) is 0 Å². The Balaban J connectivity index is 1.72. The molecule has 0 bridgehead atoms. The van der Waals surface area contributed by atoms with Gasteiger partial charge in [-0.3, -0.25) is 9.78 Å².